The van der Waals surface area contributed by atoms with E-state index in [1.54, 1.807) is 0 Å². The van der Waals surface area contributed by atoms with E-state index in [2.05, 4.69) is 27.0 Å². The molecule has 1 aliphatic carbocycles. The van der Waals surface area contributed by atoms with E-state index in [-0.39, 0.29) is 11.8 Å². The molecule has 1 aromatic carbocycles. The van der Waals surface area contributed by atoms with Gasteiger partial charge in [0.2, 0.25) is 0 Å². The highest BCUT2D eigenvalue weighted by atomic mass is 79.9. The van der Waals surface area contributed by atoms with Crippen LogP contribution >= 0.6 is 15.9 Å². The number of carbonyl (C=O) groups is 1. The lowest BCUT2D eigenvalue weighted by Gasteiger charge is -2.13. The highest BCUT2D eigenvalue weighted by Gasteiger charge is 2.46. The van der Waals surface area contributed by atoms with E-state index in [4.69, 9.17) is 5.11 Å². The number of carboxylic acid groups (broad SMARTS) is 1. The SMILES string of the molecule is O=C(O)CC1(c2ccc3[nH]cc(Br)c3c2)CC1. The van der Waals surface area contributed by atoms with E-state index in [0.717, 1.165) is 33.8 Å². The number of halogens is 1. The first kappa shape index (κ1) is 10.8. The van der Waals surface area contributed by atoms with Crippen LogP contribution in [0, 0.1) is 0 Å². The molecule has 17 heavy (non-hydrogen) atoms. The quantitative estimate of drug-likeness (QED) is 0.911. The predicted octanol–water partition coefficient (Wildman–Crippen LogP) is 3.44. The Labute approximate surface area is 107 Å². The van der Waals surface area contributed by atoms with Crippen LogP contribution in [0.5, 0.6) is 0 Å². The van der Waals surface area contributed by atoms with Crippen LogP contribution in [0.15, 0.2) is 28.9 Å². The van der Waals surface area contributed by atoms with Gasteiger partial charge in [0.1, 0.15) is 0 Å². The molecule has 0 saturated heterocycles. The third kappa shape index (κ3) is 1.76. The Morgan fingerprint density at radius 3 is 2.88 bits per heavy atom. The van der Waals surface area contributed by atoms with Gasteiger partial charge in [0.15, 0.2) is 0 Å². The summed E-state index contributed by atoms with van der Waals surface area (Å²) in [7, 11) is 0. The van der Waals surface area contributed by atoms with Crippen molar-refractivity contribution in [3.05, 3.63) is 34.4 Å². The van der Waals surface area contributed by atoms with Crippen LogP contribution in [-0.2, 0) is 10.2 Å². The number of benzene rings is 1. The molecule has 0 radical (unpaired) electrons. The maximum atomic E-state index is 10.9. The van der Waals surface area contributed by atoms with Crippen LogP contribution in [0.3, 0.4) is 0 Å². The first-order valence-electron chi connectivity index (χ1n) is 5.60. The largest absolute Gasteiger partial charge is 0.481 e. The Bertz CT molecular complexity index is 598. The summed E-state index contributed by atoms with van der Waals surface area (Å²) < 4.78 is 1.03. The van der Waals surface area contributed by atoms with Crippen molar-refractivity contribution >= 4 is 32.8 Å². The average molecular weight is 294 g/mol. The fraction of sp³-hybridized carbons (Fsp3) is 0.308. The van der Waals surface area contributed by atoms with E-state index in [1.165, 1.54) is 0 Å². The predicted molar refractivity (Wildman–Crippen MR) is 69.2 cm³/mol. The third-order valence-corrected chi connectivity index (χ3v) is 4.24. The van der Waals surface area contributed by atoms with Gasteiger partial charge >= 0.3 is 5.97 Å². The highest BCUT2D eigenvalue weighted by molar-refractivity contribution is 9.10. The lowest BCUT2D eigenvalue weighted by atomic mass is 9.92. The fourth-order valence-electron chi connectivity index (χ4n) is 2.42. The minimum absolute atomic E-state index is 0.114. The molecule has 0 unspecified atom stereocenters. The molecule has 0 aliphatic heterocycles. The smallest absolute Gasteiger partial charge is 0.304 e. The van der Waals surface area contributed by atoms with E-state index in [1.807, 2.05) is 18.3 Å². The van der Waals surface area contributed by atoms with Gasteiger partial charge in [0.05, 0.1) is 6.42 Å². The van der Waals surface area contributed by atoms with Crippen LogP contribution in [0.1, 0.15) is 24.8 Å². The number of hydrogen-bond acceptors (Lipinski definition) is 1. The van der Waals surface area contributed by atoms with Gasteiger partial charge in [-0.15, -0.1) is 0 Å². The maximum absolute atomic E-state index is 10.9. The molecule has 1 heterocycles. The summed E-state index contributed by atoms with van der Waals surface area (Å²) in [6.07, 6.45) is 4.10. The van der Waals surface area contributed by atoms with Crippen molar-refractivity contribution in [2.75, 3.05) is 0 Å². The molecular weight excluding hydrogens is 282 g/mol. The van der Waals surface area contributed by atoms with Crippen LogP contribution in [0.25, 0.3) is 10.9 Å². The van der Waals surface area contributed by atoms with E-state index in [0.29, 0.717) is 0 Å². The molecular formula is C13H12BrNO2. The normalized spacial score (nSPS) is 17.2. The van der Waals surface area contributed by atoms with Crippen LogP contribution in [0.4, 0.5) is 0 Å². The molecule has 1 fully saturated rings. The van der Waals surface area contributed by atoms with Gasteiger partial charge in [0, 0.05) is 27.0 Å². The zero-order valence-electron chi connectivity index (χ0n) is 9.16. The lowest BCUT2D eigenvalue weighted by Crippen LogP contribution is -2.12. The van der Waals surface area contributed by atoms with Crippen molar-refractivity contribution in [2.24, 2.45) is 0 Å². The lowest BCUT2D eigenvalue weighted by molar-refractivity contribution is -0.137. The van der Waals surface area contributed by atoms with Crippen molar-refractivity contribution in [3.63, 3.8) is 0 Å². The van der Waals surface area contributed by atoms with Crippen molar-refractivity contribution in [1.29, 1.82) is 0 Å². The Hall–Kier alpha value is -1.29. The summed E-state index contributed by atoms with van der Waals surface area (Å²) in [6, 6.07) is 6.17. The minimum Gasteiger partial charge on any atom is -0.481 e. The monoisotopic (exact) mass is 293 g/mol. The van der Waals surface area contributed by atoms with Gasteiger partial charge in [-0.25, -0.2) is 0 Å². The van der Waals surface area contributed by atoms with Crippen LogP contribution in [0.2, 0.25) is 0 Å². The third-order valence-electron chi connectivity index (χ3n) is 3.59. The van der Waals surface area contributed by atoms with E-state index in [9.17, 15) is 4.79 Å². The van der Waals surface area contributed by atoms with Gasteiger partial charge in [-0.1, -0.05) is 6.07 Å². The molecule has 2 N–H and O–H groups in total. The second-order valence-electron chi connectivity index (χ2n) is 4.75. The molecule has 0 atom stereocenters. The molecule has 1 saturated carbocycles. The molecule has 1 aliphatic rings. The molecule has 3 nitrogen and oxygen atoms in total. The Morgan fingerprint density at radius 2 is 2.24 bits per heavy atom. The molecule has 2 aromatic rings. The van der Waals surface area contributed by atoms with Gasteiger partial charge < -0.3 is 10.1 Å². The van der Waals surface area contributed by atoms with Crippen molar-refractivity contribution < 1.29 is 9.90 Å². The summed E-state index contributed by atoms with van der Waals surface area (Å²) in [5.41, 5.74) is 2.11. The van der Waals surface area contributed by atoms with E-state index < -0.39 is 5.97 Å². The van der Waals surface area contributed by atoms with Crippen LogP contribution in [-0.4, -0.2) is 16.1 Å². The molecule has 0 spiro atoms. The summed E-state index contributed by atoms with van der Waals surface area (Å²) in [5.74, 6) is -0.712. The zero-order valence-corrected chi connectivity index (χ0v) is 10.8. The number of carboxylic acids is 1. The number of hydrogen-bond donors (Lipinski definition) is 2. The maximum Gasteiger partial charge on any atom is 0.304 e. The van der Waals surface area contributed by atoms with Gasteiger partial charge in [0.25, 0.3) is 0 Å². The molecule has 88 valence electrons. The number of aromatic nitrogens is 1. The molecule has 4 heteroatoms. The van der Waals surface area contributed by atoms with Crippen molar-refractivity contribution in [1.82, 2.24) is 4.98 Å². The Balaban J connectivity index is 2.06. The van der Waals surface area contributed by atoms with Gasteiger partial charge in [-0.3, -0.25) is 4.79 Å². The van der Waals surface area contributed by atoms with Crippen molar-refractivity contribution in [3.8, 4) is 0 Å². The van der Waals surface area contributed by atoms with Gasteiger partial charge in [-0.05, 0) is 46.5 Å². The number of nitrogens with one attached hydrogen (secondary N) is 1. The van der Waals surface area contributed by atoms with Gasteiger partial charge in [-0.2, -0.15) is 0 Å². The summed E-state index contributed by atoms with van der Waals surface area (Å²) in [4.78, 5) is 14.1. The number of fused-ring (bicyclic) bond motifs is 1. The second kappa shape index (κ2) is 3.60. The molecule has 3 rings (SSSR count). The number of aromatic amines is 1. The zero-order chi connectivity index (χ0) is 12.0. The van der Waals surface area contributed by atoms with Crippen LogP contribution < -0.4 is 0 Å². The summed E-state index contributed by atoms with van der Waals surface area (Å²) in [6.45, 7) is 0. The van der Waals surface area contributed by atoms with E-state index >= 15 is 0 Å². The van der Waals surface area contributed by atoms with Crippen molar-refractivity contribution in [2.45, 2.75) is 24.7 Å². The standard InChI is InChI=1S/C13H12BrNO2/c14-10-7-15-11-2-1-8(5-9(10)11)13(3-4-13)6-12(16)17/h1-2,5,7,15H,3-4,6H2,(H,16,17). The fourth-order valence-corrected chi connectivity index (χ4v) is 2.87. The molecule has 1 aromatic heterocycles. The number of H-pyrrole nitrogens is 1. The molecule has 0 amide bonds. The molecule has 0 bridgehead atoms. The summed E-state index contributed by atoms with van der Waals surface area (Å²) in [5, 5.41) is 10.1. The average Bonchev–Trinajstić information content (AvgIpc) is 2.97. The second-order valence-corrected chi connectivity index (χ2v) is 5.60. The summed E-state index contributed by atoms with van der Waals surface area (Å²) >= 11 is 3.49. The Kier molecular flexibility index (Phi) is 2.30. The topological polar surface area (TPSA) is 53.1 Å². The first-order chi connectivity index (χ1) is 8.11. The highest BCUT2D eigenvalue weighted by Crippen LogP contribution is 2.51. The minimum atomic E-state index is -0.712. The Morgan fingerprint density at radius 1 is 1.47 bits per heavy atom. The number of rotatable bonds is 3. The first-order valence-corrected chi connectivity index (χ1v) is 6.39. The number of aliphatic carboxylic acids is 1.